The molecule has 0 aliphatic heterocycles. The van der Waals surface area contributed by atoms with E-state index in [1.807, 2.05) is 0 Å². The second-order valence-corrected chi connectivity index (χ2v) is 3.27. The van der Waals surface area contributed by atoms with Gasteiger partial charge < -0.3 is 4.98 Å². The molecule has 0 fully saturated rings. The van der Waals surface area contributed by atoms with Gasteiger partial charge in [0.1, 0.15) is 17.2 Å². The number of aromatic amines is 1. The zero-order valence-corrected chi connectivity index (χ0v) is 8.33. The summed E-state index contributed by atoms with van der Waals surface area (Å²) in [6.07, 6.45) is 7.24. The number of fused-ring (bicyclic) bond motifs is 1. The molecule has 0 saturated carbocycles. The quantitative estimate of drug-likeness (QED) is 0.677. The van der Waals surface area contributed by atoms with Gasteiger partial charge in [-0.05, 0) is 6.07 Å². The first kappa shape index (κ1) is 8.90. The number of hydrogen-bond acceptors (Lipinski definition) is 5. The van der Waals surface area contributed by atoms with Crippen LogP contribution in [-0.2, 0) is 6.42 Å². The fraction of sp³-hybridized carbons (Fsp3) is 0.100. The molecule has 6 nitrogen and oxygen atoms in total. The lowest BCUT2D eigenvalue weighted by molar-refractivity contribution is 0.896. The summed E-state index contributed by atoms with van der Waals surface area (Å²) >= 11 is 0. The van der Waals surface area contributed by atoms with Gasteiger partial charge in [0.2, 0.25) is 0 Å². The minimum absolute atomic E-state index is 0.518. The summed E-state index contributed by atoms with van der Waals surface area (Å²) in [4.78, 5) is 23.8. The highest BCUT2D eigenvalue weighted by Crippen LogP contribution is 2.05. The van der Waals surface area contributed by atoms with E-state index in [1.54, 1.807) is 31.0 Å². The first-order chi connectivity index (χ1) is 7.92. The third-order valence-corrected chi connectivity index (χ3v) is 2.16. The second-order valence-electron chi connectivity index (χ2n) is 3.27. The van der Waals surface area contributed by atoms with Gasteiger partial charge in [0.15, 0.2) is 5.65 Å². The predicted octanol–water partition coefficient (Wildman–Crippen LogP) is 0.734. The Morgan fingerprint density at radius 2 is 1.88 bits per heavy atom. The van der Waals surface area contributed by atoms with Crippen molar-refractivity contribution in [3.05, 3.63) is 42.6 Å². The van der Waals surface area contributed by atoms with Crippen molar-refractivity contribution in [2.75, 3.05) is 0 Å². The second kappa shape index (κ2) is 3.65. The Balaban J connectivity index is 1.94. The molecule has 3 aromatic rings. The summed E-state index contributed by atoms with van der Waals surface area (Å²) in [6, 6.07) is 1.78. The molecule has 0 unspecified atom stereocenters. The van der Waals surface area contributed by atoms with Crippen molar-refractivity contribution in [2.24, 2.45) is 0 Å². The molecule has 16 heavy (non-hydrogen) atoms. The fourth-order valence-electron chi connectivity index (χ4n) is 1.42. The molecule has 6 heteroatoms. The summed E-state index contributed by atoms with van der Waals surface area (Å²) in [5.41, 5.74) is 1.50. The van der Waals surface area contributed by atoms with Crippen molar-refractivity contribution in [3.8, 4) is 0 Å². The summed E-state index contributed by atoms with van der Waals surface area (Å²) < 4.78 is 0. The van der Waals surface area contributed by atoms with Gasteiger partial charge in [-0.1, -0.05) is 0 Å². The maximum absolute atomic E-state index is 4.30. The topological polar surface area (TPSA) is 80.2 Å². The number of rotatable bonds is 2. The van der Waals surface area contributed by atoms with Crippen molar-refractivity contribution in [1.29, 1.82) is 0 Å². The van der Waals surface area contributed by atoms with E-state index in [1.165, 1.54) is 0 Å². The summed E-state index contributed by atoms with van der Waals surface area (Å²) in [5.74, 6) is 1.38. The maximum Gasteiger partial charge on any atom is 0.180 e. The monoisotopic (exact) mass is 212 g/mol. The SMILES string of the molecule is c1cnc(Cc2ncc3[nH]cnc3n2)nc1. The number of nitrogens with zero attached hydrogens (tertiary/aromatic N) is 5. The standard InChI is InChI=1S/C10H8N6/c1-2-11-8(12-3-1)4-9-13-5-7-10(16-9)15-6-14-7/h1-3,5-6H,4H2,(H,13,14,15,16). The van der Waals surface area contributed by atoms with E-state index in [4.69, 9.17) is 0 Å². The van der Waals surface area contributed by atoms with Gasteiger partial charge in [-0.15, -0.1) is 0 Å². The number of aromatic nitrogens is 6. The molecule has 78 valence electrons. The van der Waals surface area contributed by atoms with Crippen LogP contribution in [0.2, 0.25) is 0 Å². The average molecular weight is 212 g/mol. The van der Waals surface area contributed by atoms with Gasteiger partial charge in [0.25, 0.3) is 0 Å². The Morgan fingerprint density at radius 1 is 1.00 bits per heavy atom. The van der Waals surface area contributed by atoms with Crippen molar-refractivity contribution in [1.82, 2.24) is 29.9 Å². The van der Waals surface area contributed by atoms with E-state index < -0.39 is 0 Å². The Morgan fingerprint density at radius 3 is 2.75 bits per heavy atom. The molecule has 0 atom stereocenters. The zero-order valence-electron chi connectivity index (χ0n) is 8.33. The third-order valence-electron chi connectivity index (χ3n) is 2.16. The van der Waals surface area contributed by atoms with E-state index in [2.05, 4.69) is 29.9 Å². The van der Waals surface area contributed by atoms with E-state index in [9.17, 15) is 0 Å². The van der Waals surface area contributed by atoms with Crippen LogP contribution in [0.5, 0.6) is 0 Å². The highest BCUT2D eigenvalue weighted by molar-refractivity contribution is 5.68. The molecular weight excluding hydrogens is 204 g/mol. The highest BCUT2D eigenvalue weighted by atomic mass is 15.0. The minimum Gasteiger partial charge on any atom is -0.342 e. The number of nitrogens with one attached hydrogen (secondary N) is 1. The van der Waals surface area contributed by atoms with E-state index in [0.717, 1.165) is 5.52 Å². The van der Waals surface area contributed by atoms with E-state index in [-0.39, 0.29) is 0 Å². The van der Waals surface area contributed by atoms with Gasteiger partial charge in [-0.3, -0.25) is 0 Å². The van der Waals surface area contributed by atoms with Crippen LogP contribution in [0.3, 0.4) is 0 Å². The van der Waals surface area contributed by atoms with Crippen LogP contribution in [0, 0.1) is 0 Å². The summed E-state index contributed by atoms with van der Waals surface area (Å²) in [5, 5.41) is 0. The van der Waals surface area contributed by atoms with E-state index >= 15 is 0 Å². The molecule has 0 amide bonds. The molecule has 0 bridgehead atoms. The van der Waals surface area contributed by atoms with Crippen LogP contribution in [0.15, 0.2) is 31.0 Å². The molecule has 1 N–H and O–H groups in total. The smallest absolute Gasteiger partial charge is 0.180 e. The van der Waals surface area contributed by atoms with E-state index in [0.29, 0.717) is 23.7 Å². The minimum atomic E-state index is 0.518. The van der Waals surface area contributed by atoms with Gasteiger partial charge in [0.05, 0.1) is 18.9 Å². The Kier molecular flexibility index (Phi) is 2.03. The van der Waals surface area contributed by atoms with Crippen molar-refractivity contribution in [3.63, 3.8) is 0 Å². The predicted molar refractivity (Wildman–Crippen MR) is 56.5 cm³/mol. The first-order valence-corrected chi connectivity index (χ1v) is 4.83. The lowest BCUT2D eigenvalue weighted by Crippen LogP contribution is -2.00. The average Bonchev–Trinajstić information content (AvgIpc) is 2.77. The van der Waals surface area contributed by atoms with Crippen molar-refractivity contribution >= 4 is 11.2 Å². The van der Waals surface area contributed by atoms with Crippen LogP contribution < -0.4 is 0 Å². The highest BCUT2D eigenvalue weighted by Gasteiger charge is 2.04. The largest absolute Gasteiger partial charge is 0.342 e. The summed E-state index contributed by atoms with van der Waals surface area (Å²) in [7, 11) is 0. The number of H-pyrrole nitrogens is 1. The summed E-state index contributed by atoms with van der Waals surface area (Å²) in [6.45, 7) is 0. The Labute approximate surface area is 90.8 Å². The molecule has 0 spiro atoms. The molecule has 3 aromatic heterocycles. The molecular formula is C10H8N6. The Hall–Kier alpha value is -2.37. The van der Waals surface area contributed by atoms with Crippen molar-refractivity contribution < 1.29 is 0 Å². The molecule has 0 aromatic carbocycles. The van der Waals surface area contributed by atoms with Crippen LogP contribution >= 0.6 is 0 Å². The van der Waals surface area contributed by atoms with Crippen LogP contribution in [0.1, 0.15) is 11.6 Å². The number of imidazole rings is 1. The molecule has 3 heterocycles. The molecule has 0 saturated heterocycles. The van der Waals surface area contributed by atoms with Crippen LogP contribution in [-0.4, -0.2) is 29.9 Å². The first-order valence-electron chi connectivity index (χ1n) is 4.83. The lowest BCUT2D eigenvalue weighted by atomic mass is 10.3. The van der Waals surface area contributed by atoms with Gasteiger partial charge in [-0.2, -0.15) is 0 Å². The third kappa shape index (κ3) is 1.60. The maximum atomic E-state index is 4.30. The molecule has 0 radical (unpaired) electrons. The van der Waals surface area contributed by atoms with Gasteiger partial charge >= 0.3 is 0 Å². The molecule has 3 rings (SSSR count). The van der Waals surface area contributed by atoms with Gasteiger partial charge in [-0.25, -0.2) is 24.9 Å². The van der Waals surface area contributed by atoms with Crippen molar-refractivity contribution in [2.45, 2.75) is 6.42 Å². The number of hydrogen-bond donors (Lipinski definition) is 1. The normalized spacial score (nSPS) is 10.8. The molecule has 0 aliphatic rings. The zero-order chi connectivity index (χ0) is 10.8. The lowest BCUT2D eigenvalue weighted by Gasteiger charge is -1.97. The van der Waals surface area contributed by atoms with Gasteiger partial charge in [0, 0.05) is 12.4 Å². The molecule has 0 aliphatic carbocycles. The Bertz CT molecular complexity index is 603. The fourth-order valence-corrected chi connectivity index (χ4v) is 1.42. The van der Waals surface area contributed by atoms with Crippen LogP contribution in [0.4, 0.5) is 0 Å². The van der Waals surface area contributed by atoms with Crippen LogP contribution in [0.25, 0.3) is 11.2 Å².